The number of nitriles is 1. The number of hydrogen-bond acceptors (Lipinski definition) is 7. The molecular weight excluding hydrogens is 444 g/mol. The van der Waals surface area contributed by atoms with Crippen molar-refractivity contribution in [2.75, 3.05) is 23.4 Å². The Hall–Kier alpha value is -3.77. The van der Waals surface area contributed by atoms with Crippen molar-refractivity contribution in [1.29, 1.82) is 5.26 Å². The summed E-state index contributed by atoms with van der Waals surface area (Å²) in [6.45, 7) is 1.46. The summed E-state index contributed by atoms with van der Waals surface area (Å²) in [6, 6.07) is 8.16. The highest BCUT2D eigenvalue weighted by molar-refractivity contribution is 6.07. The number of fused-ring (bicyclic) bond motifs is 3. The summed E-state index contributed by atoms with van der Waals surface area (Å²) in [5, 5.41) is 18.1. The van der Waals surface area contributed by atoms with E-state index in [1.807, 2.05) is 23.0 Å². The van der Waals surface area contributed by atoms with E-state index in [-0.39, 0.29) is 30.0 Å². The number of nitrogens with one attached hydrogen (secondary N) is 1. The van der Waals surface area contributed by atoms with E-state index < -0.39 is 0 Å². The molecule has 1 N–H and O–H groups in total. The lowest BCUT2D eigenvalue weighted by molar-refractivity contribution is -0.112. The molecule has 2 aliphatic heterocycles. The molecule has 0 unspecified atom stereocenters. The van der Waals surface area contributed by atoms with Crippen molar-refractivity contribution >= 4 is 34.5 Å². The van der Waals surface area contributed by atoms with Crippen molar-refractivity contribution in [3.05, 3.63) is 47.9 Å². The SMILES string of the molecule is N#Cc1cncc(C(=O)Nc2cc3cn([C@H]4CC[C@H](C=O)CC4)nc3cc2N2C[C@H]3C[C@@H]2CO3)c1. The molecular formula is C26H26N6O3. The van der Waals surface area contributed by atoms with Gasteiger partial charge in [-0.05, 0) is 50.3 Å². The van der Waals surface area contributed by atoms with Crippen molar-refractivity contribution in [2.24, 2.45) is 5.92 Å². The highest BCUT2D eigenvalue weighted by atomic mass is 16.5. The van der Waals surface area contributed by atoms with E-state index in [0.717, 1.165) is 61.5 Å². The van der Waals surface area contributed by atoms with Crippen LogP contribution < -0.4 is 10.2 Å². The summed E-state index contributed by atoms with van der Waals surface area (Å²) in [7, 11) is 0. The number of amides is 1. The molecule has 9 heteroatoms. The molecule has 2 saturated heterocycles. The molecule has 178 valence electrons. The molecule has 1 saturated carbocycles. The lowest BCUT2D eigenvalue weighted by Crippen LogP contribution is -2.37. The normalized spacial score (nSPS) is 25.5. The number of anilines is 2. The Morgan fingerprint density at radius 3 is 2.74 bits per heavy atom. The van der Waals surface area contributed by atoms with Crippen LogP contribution in [-0.2, 0) is 9.53 Å². The Kier molecular flexibility index (Phi) is 5.46. The minimum Gasteiger partial charge on any atom is -0.374 e. The van der Waals surface area contributed by atoms with Crippen LogP contribution >= 0.6 is 0 Å². The van der Waals surface area contributed by atoms with Gasteiger partial charge in [-0.1, -0.05) is 0 Å². The summed E-state index contributed by atoms with van der Waals surface area (Å²) >= 11 is 0. The smallest absolute Gasteiger partial charge is 0.257 e. The van der Waals surface area contributed by atoms with Crippen molar-refractivity contribution in [3.63, 3.8) is 0 Å². The molecule has 2 aromatic heterocycles. The zero-order valence-electron chi connectivity index (χ0n) is 19.3. The van der Waals surface area contributed by atoms with Gasteiger partial charge in [0.2, 0.25) is 0 Å². The van der Waals surface area contributed by atoms with Gasteiger partial charge >= 0.3 is 0 Å². The fourth-order valence-electron chi connectivity index (χ4n) is 5.62. The van der Waals surface area contributed by atoms with E-state index >= 15 is 0 Å². The topological polar surface area (TPSA) is 113 Å². The average Bonchev–Trinajstić information content (AvgIpc) is 3.64. The zero-order chi connectivity index (χ0) is 23.9. The molecule has 1 aliphatic carbocycles. The van der Waals surface area contributed by atoms with Crippen molar-refractivity contribution in [1.82, 2.24) is 14.8 Å². The number of carbonyl (C=O) groups is 2. The van der Waals surface area contributed by atoms with E-state index in [4.69, 9.17) is 9.84 Å². The first-order valence-corrected chi connectivity index (χ1v) is 12.1. The largest absolute Gasteiger partial charge is 0.374 e. The number of pyridine rings is 1. The van der Waals surface area contributed by atoms with Gasteiger partial charge in [-0.25, -0.2) is 0 Å². The van der Waals surface area contributed by atoms with Crippen molar-refractivity contribution < 1.29 is 14.3 Å². The molecule has 2 bridgehead atoms. The maximum Gasteiger partial charge on any atom is 0.257 e. The molecule has 1 aromatic carbocycles. The van der Waals surface area contributed by atoms with Crippen LogP contribution in [0.2, 0.25) is 0 Å². The molecule has 0 radical (unpaired) electrons. The second-order valence-corrected chi connectivity index (χ2v) is 9.77. The van der Waals surface area contributed by atoms with Crippen molar-refractivity contribution in [2.45, 2.75) is 50.3 Å². The standard InChI is InChI=1S/C26H26N6O3/c27-9-17-5-18(11-28-10-17)26(34)29-24-6-19-12-32(20-3-1-16(14-33)2-4-20)30-23(19)8-25(24)31-13-22-7-21(31)15-35-22/h5-6,8,10-12,14,16,20-22H,1-4,7,13,15H2,(H,29,34)/t16-,20-,21-,22-/m1/s1. The van der Waals surface area contributed by atoms with E-state index in [2.05, 4.69) is 21.3 Å². The van der Waals surface area contributed by atoms with E-state index in [1.54, 1.807) is 6.07 Å². The van der Waals surface area contributed by atoms with E-state index in [1.165, 1.54) is 12.4 Å². The lowest BCUT2D eigenvalue weighted by atomic mass is 9.87. The number of benzene rings is 1. The third kappa shape index (κ3) is 4.04. The van der Waals surface area contributed by atoms with Gasteiger partial charge in [-0.2, -0.15) is 10.4 Å². The van der Waals surface area contributed by atoms with Crippen molar-refractivity contribution in [3.8, 4) is 6.07 Å². The predicted molar refractivity (Wildman–Crippen MR) is 129 cm³/mol. The first-order valence-electron chi connectivity index (χ1n) is 12.1. The Balaban J connectivity index is 1.35. The van der Waals surface area contributed by atoms with Crippen LogP contribution in [0.25, 0.3) is 10.9 Å². The van der Waals surface area contributed by atoms with E-state index in [9.17, 15) is 14.9 Å². The van der Waals surface area contributed by atoms with Gasteiger partial charge in [0.1, 0.15) is 12.4 Å². The third-order valence-corrected chi connectivity index (χ3v) is 7.54. The number of morpholine rings is 1. The summed E-state index contributed by atoms with van der Waals surface area (Å²) in [6.07, 6.45) is 10.9. The molecule has 35 heavy (non-hydrogen) atoms. The number of nitrogens with zero attached hydrogens (tertiary/aromatic N) is 5. The van der Waals surface area contributed by atoms with Gasteiger partial charge in [-0.15, -0.1) is 0 Å². The summed E-state index contributed by atoms with van der Waals surface area (Å²) in [4.78, 5) is 30.6. The molecule has 1 amide bonds. The average molecular weight is 471 g/mol. The quantitative estimate of drug-likeness (QED) is 0.568. The van der Waals surface area contributed by atoms with Gasteiger partial charge in [0.05, 0.1) is 52.8 Å². The predicted octanol–water partition coefficient (Wildman–Crippen LogP) is 3.46. The number of ether oxygens (including phenoxy) is 1. The van der Waals surface area contributed by atoms with Crippen LogP contribution in [0, 0.1) is 17.2 Å². The number of hydrogen-bond donors (Lipinski definition) is 1. The number of carbonyl (C=O) groups excluding carboxylic acids is 2. The molecule has 0 spiro atoms. The zero-order valence-corrected chi connectivity index (χ0v) is 19.3. The first-order chi connectivity index (χ1) is 17.1. The van der Waals surface area contributed by atoms with Crippen LogP contribution in [-0.4, -0.2) is 52.3 Å². The van der Waals surface area contributed by atoms with Crippen LogP contribution in [0.3, 0.4) is 0 Å². The molecule has 4 heterocycles. The maximum atomic E-state index is 13.1. The van der Waals surface area contributed by atoms with Crippen LogP contribution in [0.5, 0.6) is 0 Å². The first kappa shape index (κ1) is 21.7. The minimum atomic E-state index is -0.310. The highest BCUT2D eigenvalue weighted by Crippen LogP contribution is 2.40. The number of aldehydes is 1. The second-order valence-electron chi connectivity index (χ2n) is 9.77. The van der Waals surface area contributed by atoms with Gasteiger partial charge in [0.25, 0.3) is 5.91 Å². The number of aromatic nitrogens is 3. The lowest BCUT2D eigenvalue weighted by Gasteiger charge is -2.30. The fourth-order valence-corrected chi connectivity index (χ4v) is 5.62. The third-order valence-electron chi connectivity index (χ3n) is 7.54. The summed E-state index contributed by atoms with van der Waals surface area (Å²) < 4.78 is 7.82. The monoisotopic (exact) mass is 470 g/mol. The molecule has 6 rings (SSSR count). The minimum absolute atomic E-state index is 0.159. The molecule has 3 aromatic rings. The Labute approximate surface area is 202 Å². The molecule has 3 aliphatic rings. The molecule has 2 atom stereocenters. The Morgan fingerprint density at radius 2 is 2.03 bits per heavy atom. The maximum absolute atomic E-state index is 13.1. The number of rotatable bonds is 5. The van der Waals surface area contributed by atoms with Gasteiger partial charge in [0, 0.05) is 36.4 Å². The van der Waals surface area contributed by atoms with E-state index in [0.29, 0.717) is 23.4 Å². The summed E-state index contributed by atoms with van der Waals surface area (Å²) in [5.41, 5.74) is 3.20. The summed E-state index contributed by atoms with van der Waals surface area (Å²) in [5.74, 6) is -0.151. The van der Waals surface area contributed by atoms with Gasteiger partial charge in [-0.3, -0.25) is 14.5 Å². The fraction of sp³-hybridized carbons (Fsp3) is 0.423. The Morgan fingerprint density at radius 1 is 1.17 bits per heavy atom. The highest BCUT2D eigenvalue weighted by Gasteiger charge is 2.40. The Bertz CT molecular complexity index is 1340. The van der Waals surface area contributed by atoms with Gasteiger partial charge in [0.15, 0.2) is 0 Å². The van der Waals surface area contributed by atoms with Crippen LogP contribution in [0.15, 0.2) is 36.8 Å². The van der Waals surface area contributed by atoms with Crippen LogP contribution in [0.4, 0.5) is 11.4 Å². The molecule has 9 nitrogen and oxygen atoms in total. The molecule has 3 fully saturated rings. The van der Waals surface area contributed by atoms with Gasteiger partial charge < -0.3 is 19.7 Å². The van der Waals surface area contributed by atoms with Crippen LogP contribution in [0.1, 0.15) is 54.1 Å². The second kappa shape index (κ2) is 8.78.